The van der Waals surface area contributed by atoms with E-state index in [0.717, 1.165) is 19.3 Å². The smallest absolute Gasteiger partial charge is 0.333 e. The lowest BCUT2D eigenvalue weighted by Gasteiger charge is -2.03. The Morgan fingerprint density at radius 1 is 1.24 bits per heavy atom. The number of hydrogen-bond acceptors (Lipinski definition) is 3. The summed E-state index contributed by atoms with van der Waals surface area (Å²) in [5.74, 6) is -0.284. The number of unbranched alkanes of at least 4 members (excludes halogenated alkanes) is 2. The van der Waals surface area contributed by atoms with Gasteiger partial charge in [-0.05, 0) is 32.6 Å². The summed E-state index contributed by atoms with van der Waals surface area (Å²) in [6.07, 6.45) is 7.76. The van der Waals surface area contributed by atoms with Crippen LogP contribution < -0.4 is 0 Å². The van der Waals surface area contributed by atoms with Gasteiger partial charge in [0.25, 0.3) is 0 Å². The molecule has 17 heavy (non-hydrogen) atoms. The van der Waals surface area contributed by atoms with E-state index in [1.165, 1.54) is 19.3 Å². The van der Waals surface area contributed by atoms with E-state index in [-0.39, 0.29) is 5.97 Å². The quantitative estimate of drug-likeness (QED) is 0.269. The predicted molar refractivity (Wildman–Crippen MR) is 67.8 cm³/mol. The molecule has 1 saturated heterocycles. The molecule has 0 aliphatic carbocycles. The van der Waals surface area contributed by atoms with Gasteiger partial charge in [-0.3, -0.25) is 0 Å². The van der Waals surface area contributed by atoms with Gasteiger partial charge in [-0.2, -0.15) is 0 Å². The summed E-state index contributed by atoms with van der Waals surface area (Å²) >= 11 is 0. The number of esters is 1. The van der Waals surface area contributed by atoms with Crippen LogP contribution in [0.4, 0.5) is 0 Å². The Morgan fingerprint density at radius 2 is 1.88 bits per heavy atom. The number of carbonyl (C=O) groups is 1. The van der Waals surface area contributed by atoms with Crippen molar-refractivity contribution in [2.24, 2.45) is 0 Å². The molecule has 0 aromatic carbocycles. The summed E-state index contributed by atoms with van der Waals surface area (Å²) < 4.78 is 10.6. The van der Waals surface area contributed by atoms with Gasteiger partial charge < -0.3 is 9.47 Å². The number of rotatable bonds is 9. The summed E-state index contributed by atoms with van der Waals surface area (Å²) in [5.41, 5.74) is 0.468. The highest BCUT2D eigenvalue weighted by Crippen LogP contribution is 2.31. The molecule has 0 bridgehead atoms. The van der Waals surface area contributed by atoms with Crippen molar-refractivity contribution in [1.82, 2.24) is 0 Å². The van der Waals surface area contributed by atoms with Gasteiger partial charge in [0.2, 0.25) is 0 Å². The van der Waals surface area contributed by atoms with Crippen LogP contribution in [0.15, 0.2) is 12.2 Å². The van der Waals surface area contributed by atoms with Crippen LogP contribution in [0.2, 0.25) is 0 Å². The van der Waals surface area contributed by atoms with Gasteiger partial charge in [-0.1, -0.05) is 26.3 Å². The molecule has 0 aromatic heterocycles. The molecule has 3 heteroatoms. The molecule has 0 aromatic rings. The van der Waals surface area contributed by atoms with Crippen molar-refractivity contribution < 1.29 is 14.3 Å². The molecule has 1 aliphatic heterocycles. The van der Waals surface area contributed by atoms with Crippen LogP contribution in [0.3, 0.4) is 0 Å². The minimum Gasteiger partial charge on any atom is -0.462 e. The van der Waals surface area contributed by atoms with Crippen molar-refractivity contribution in [3.63, 3.8) is 0 Å². The van der Waals surface area contributed by atoms with Crippen LogP contribution in [0.1, 0.15) is 52.4 Å². The zero-order valence-corrected chi connectivity index (χ0v) is 11.0. The normalized spacial score (nSPS) is 22.2. The maximum Gasteiger partial charge on any atom is 0.333 e. The van der Waals surface area contributed by atoms with Gasteiger partial charge in [0.1, 0.15) is 0 Å². The van der Waals surface area contributed by atoms with E-state index in [4.69, 9.17) is 9.47 Å². The standard InChI is InChI=1S/C14H24O3/c1-4-5-8-12-13(17-12)9-6-7-10-16-14(15)11(2)3/h12-13H,2,4-10H2,1,3H3. The molecular formula is C14H24O3. The molecule has 1 fully saturated rings. The van der Waals surface area contributed by atoms with Gasteiger partial charge in [-0.25, -0.2) is 4.79 Å². The molecule has 0 radical (unpaired) electrons. The van der Waals surface area contributed by atoms with Crippen LogP contribution in [0.5, 0.6) is 0 Å². The highest BCUT2D eigenvalue weighted by Gasteiger charge is 2.36. The highest BCUT2D eigenvalue weighted by molar-refractivity contribution is 5.86. The molecule has 1 heterocycles. The average molecular weight is 240 g/mol. The Hall–Kier alpha value is -0.830. The van der Waals surface area contributed by atoms with E-state index in [1.807, 2.05) is 0 Å². The maximum atomic E-state index is 11.1. The van der Waals surface area contributed by atoms with E-state index < -0.39 is 0 Å². The Kier molecular flexibility index (Phi) is 6.27. The van der Waals surface area contributed by atoms with Gasteiger partial charge >= 0.3 is 5.97 Å². The first-order valence-electron chi connectivity index (χ1n) is 6.63. The van der Waals surface area contributed by atoms with E-state index >= 15 is 0 Å². The van der Waals surface area contributed by atoms with Gasteiger partial charge in [0.15, 0.2) is 0 Å². The lowest BCUT2D eigenvalue weighted by Crippen LogP contribution is -2.06. The molecule has 2 unspecified atom stereocenters. The van der Waals surface area contributed by atoms with Crippen molar-refractivity contribution in [2.45, 2.75) is 64.6 Å². The third-order valence-corrected chi connectivity index (χ3v) is 2.99. The lowest BCUT2D eigenvalue weighted by molar-refractivity contribution is -0.139. The third-order valence-electron chi connectivity index (χ3n) is 2.99. The first kappa shape index (κ1) is 14.2. The van der Waals surface area contributed by atoms with Crippen LogP contribution in [0, 0.1) is 0 Å². The fourth-order valence-corrected chi connectivity index (χ4v) is 1.83. The predicted octanol–water partition coefficient (Wildman–Crippen LogP) is 3.23. The van der Waals surface area contributed by atoms with Gasteiger partial charge in [0, 0.05) is 5.57 Å². The maximum absolute atomic E-state index is 11.1. The fourth-order valence-electron chi connectivity index (χ4n) is 1.83. The summed E-state index contributed by atoms with van der Waals surface area (Å²) in [4.78, 5) is 11.1. The van der Waals surface area contributed by atoms with Crippen LogP contribution in [-0.2, 0) is 14.3 Å². The van der Waals surface area contributed by atoms with Crippen molar-refractivity contribution in [2.75, 3.05) is 6.61 Å². The Bertz CT molecular complexity index is 260. The second-order valence-corrected chi connectivity index (χ2v) is 4.77. The molecular weight excluding hydrogens is 216 g/mol. The van der Waals surface area contributed by atoms with E-state index in [1.54, 1.807) is 6.92 Å². The zero-order valence-electron chi connectivity index (χ0n) is 11.0. The molecule has 0 N–H and O–H groups in total. The summed E-state index contributed by atoms with van der Waals surface area (Å²) in [7, 11) is 0. The topological polar surface area (TPSA) is 38.8 Å². The molecule has 98 valence electrons. The highest BCUT2D eigenvalue weighted by atomic mass is 16.6. The minimum atomic E-state index is -0.284. The molecule has 0 amide bonds. The first-order valence-corrected chi connectivity index (χ1v) is 6.63. The molecule has 3 nitrogen and oxygen atoms in total. The van der Waals surface area contributed by atoms with E-state index in [9.17, 15) is 4.79 Å². The van der Waals surface area contributed by atoms with E-state index in [2.05, 4.69) is 13.5 Å². The zero-order chi connectivity index (χ0) is 12.7. The molecule has 0 spiro atoms. The second kappa shape index (κ2) is 7.49. The molecule has 1 rings (SSSR count). The first-order chi connectivity index (χ1) is 8.15. The Morgan fingerprint density at radius 3 is 2.47 bits per heavy atom. The summed E-state index contributed by atoms with van der Waals surface area (Å²) in [6, 6.07) is 0. The summed E-state index contributed by atoms with van der Waals surface area (Å²) in [6.45, 7) is 7.90. The van der Waals surface area contributed by atoms with Crippen molar-refractivity contribution in [3.8, 4) is 0 Å². The van der Waals surface area contributed by atoms with Crippen LogP contribution >= 0.6 is 0 Å². The minimum absolute atomic E-state index is 0.284. The lowest BCUT2D eigenvalue weighted by atomic mass is 10.1. The number of hydrogen-bond donors (Lipinski definition) is 0. The number of ether oxygens (including phenoxy) is 2. The van der Waals surface area contributed by atoms with Crippen LogP contribution in [-0.4, -0.2) is 24.8 Å². The van der Waals surface area contributed by atoms with E-state index in [0.29, 0.717) is 24.4 Å². The number of carbonyl (C=O) groups excluding carboxylic acids is 1. The van der Waals surface area contributed by atoms with Gasteiger partial charge in [0.05, 0.1) is 18.8 Å². The van der Waals surface area contributed by atoms with Crippen LogP contribution in [0.25, 0.3) is 0 Å². The monoisotopic (exact) mass is 240 g/mol. The molecule has 1 aliphatic rings. The summed E-state index contributed by atoms with van der Waals surface area (Å²) in [5, 5.41) is 0. The average Bonchev–Trinajstić information content (AvgIpc) is 3.04. The third kappa shape index (κ3) is 5.87. The second-order valence-electron chi connectivity index (χ2n) is 4.77. The SMILES string of the molecule is C=C(C)C(=O)OCCCCC1OC1CCCC. The Balaban J connectivity index is 1.89. The Labute approximate surface area is 104 Å². The number of epoxide rings is 1. The van der Waals surface area contributed by atoms with Crippen molar-refractivity contribution in [1.29, 1.82) is 0 Å². The van der Waals surface area contributed by atoms with Crippen molar-refractivity contribution >= 4 is 5.97 Å². The molecule has 0 saturated carbocycles. The van der Waals surface area contributed by atoms with Gasteiger partial charge in [-0.15, -0.1) is 0 Å². The molecule has 2 atom stereocenters. The fraction of sp³-hybridized carbons (Fsp3) is 0.786. The largest absolute Gasteiger partial charge is 0.462 e. The van der Waals surface area contributed by atoms with Crippen molar-refractivity contribution in [3.05, 3.63) is 12.2 Å².